The van der Waals surface area contributed by atoms with Crippen LogP contribution in [-0.2, 0) is 20.4 Å². The predicted molar refractivity (Wildman–Crippen MR) is 95.1 cm³/mol. The van der Waals surface area contributed by atoms with E-state index < -0.39 is 10.2 Å². The molecule has 1 aliphatic carbocycles. The van der Waals surface area contributed by atoms with Crippen molar-refractivity contribution in [1.82, 2.24) is 9.03 Å². The van der Waals surface area contributed by atoms with Crippen LogP contribution in [0.5, 0.6) is 0 Å². The number of ether oxygens (including phenoxy) is 1. The summed E-state index contributed by atoms with van der Waals surface area (Å²) in [6.07, 6.45) is 4.25. The van der Waals surface area contributed by atoms with Crippen molar-refractivity contribution in [2.45, 2.75) is 57.2 Å². The van der Waals surface area contributed by atoms with Crippen molar-refractivity contribution < 1.29 is 13.2 Å². The third-order valence-electron chi connectivity index (χ3n) is 5.27. The lowest BCUT2D eigenvalue weighted by Crippen LogP contribution is -2.53. The number of hydrogen-bond donors (Lipinski definition) is 1. The van der Waals surface area contributed by atoms with E-state index in [9.17, 15) is 8.42 Å². The molecule has 0 amide bonds. The zero-order valence-electron chi connectivity index (χ0n) is 14.6. The van der Waals surface area contributed by atoms with E-state index >= 15 is 0 Å². The lowest BCUT2D eigenvalue weighted by atomic mass is 9.79. The summed E-state index contributed by atoms with van der Waals surface area (Å²) in [4.78, 5) is 0. The first kappa shape index (κ1) is 17.9. The second-order valence-corrected chi connectivity index (χ2v) is 9.01. The molecule has 3 rings (SSSR count). The van der Waals surface area contributed by atoms with Gasteiger partial charge in [0.25, 0.3) is 10.2 Å². The highest BCUT2D eigenvalue weighted by molar-refractivity contribution is 7.87. The Balaban J connectivity index is 1.73. The van der Waals surface area contributed by atoms with E-state index in [4.69, 9.17) is 4.74 Å². The molecule has 1 heterocycles. The molecule has 1 aliphatic heterocycles. The quantitative estimate of drug-likeness (QED) is 0.885. The summed E-state index contributed by atoms with van der Waals surface area (Å²) in [6, 6.07) is 10.3. The van der Waals surface area contributed by atoms with E-state index in [1.807, 2.05) is 32.0 Å². The molecule has 0 spiro atoms. The van der Waals surface area contributed by atoms with Gasteiger partial charge in [0.05, 0.1) is 12.2 Å². The molecule has 1 aromatic rings. The Labute approximate surface area is 145 Å². The van der Waals surface area contributed by atoms with E-state index in [0.717, 1.165) is 25.7 Å². The number of nitrogens with zero attached hydrogens (tertiary/aromatic N) is 1. The van der Waals surface area contributed by atoms with Crippen LogP contribution in [0.2, 0.25) is 0 Å². The third kappa shape index (κ3) is 3.82. The van der Waals surface area contributed by atoms with Crippen LogP contribution < -0.4 is 4.72 Å². The minimum Gasteiger partial charge on any atom is -0.373 e. The van der Waals surface area contributed by atoms with Gasteiger partial charge in [0, 0.05) is 25.0 Å². The average Bonchev–Trinajstić information content (AvgIpc) is 3.03. The number of rotatable bonds is 5. The molecule has 0 bridgehead atoms. The Bertz CT molecular complexity index is 631. The summed E-state index contributed by atoms with van der Waals surface area (Å²) in [6.45, 7) is 5.14. The van der Waals surface area contributed by atoms with E-state index in [2.05, 4.69) is 16.9 Å². The molecular weight excluding hydrogens is 324 g/mol. The second kappa shape index (κ2) is 7.12. The molecule has 0 aromatic heterocycles. The van der Waals surface area contributed by atoms with Crippen LogP contribution in [0, 0.1) is 0 Å². The maximum atomic E-state index is 12.8. The molecule has 5 nitrogen and oxygen atoms in total. The molecule has 1 aromatic carbocycles. The summed E-state index contributed by atoms with van der Waals surface area (Å²) in [5, 5.41) is 0. The second-order valence-electron chi connectivity index (χ2n) is 7.25. The van der Waals surface area contributed by atoms with Gasteiger partial charge in [-0.2, -0.15) is 12.7 Å². The molecule has 2 atom stereocenters. The first-order chi connectivity index (χ1) is 11.4. The van der Waals surface area contributed by atoms with Crippen molar-refractivity contribution in [1.29, 1.82) is 0 Å². The van der Waals surface area contributed by atoms with Crippen molar-refractivity contribution >= 4 is 10.2 Å². The van der Waals surface area contributed by atoms with E-state index in [-0.39, 0.29) is 17.6 Å². The van der Waals surface area contributed by atoms with E-state index in [1.165, 1.54) is 9.87 Å². The van der Waals surface area contributed by atoms with Gasteiger partial charge >= 0.3 is 0 Å². The normalized spacial score (nSPS) is 28.1. The summed E-state index contributed by atoms with van der Waals surface area (Å²) in [5.74, 6) is 0. The predicted octanol–water partition coefficient (Wildman–Crippen LogP) is 2.44. The van der Waals surface area contributed by atoms with Crippen LogP contribution >= 0.6 is 0 Å². The van der Waals surface area contributed by atoms with Crippen molar-refractivity contribution in [2.75, 3.05) is 19.6 Å². The zero-order valence-corrected chi connectivity index (χ0v) is 15.4. The molecule has 1 saturated carbocycles. The van der Waals surface area contributed by atoms with Gasteiger partial charge in [0.15, 0.2) is 0 Å². The SMILES string of the molecule is CC1CN(S(=O)(=O)NCC2(c3ccccc3)CCCC2)CC(C)O1. The van der Waals surface area contributed by atoms with Gasteiger partial charge in [-0.1, -0.05) is 43.2 Å². The fourth-order valence-corrected chi connectivity index (χ4v) is 5.51. The third-order valence-corrected chi connectivity index (χ3v) is 6.75. The van der Waals surface area contributed by atoms with Gasteiger partial charge in [0.2, 0.25) is 0 Å². The smallest absolute Gasteiger partial charge is 0.279 e. The highest BCUT2D eigenvalue weighted by Gasteiger charge is 2.38. The monoisotopic (exact) mass is 352 g/mol. The number of nitrogens with one attached hydrogen (secondary N) is 1. The van der Waals surface area contributed by atoms with E-state index in [0.29, 0.717) is 19.6 Å². The van der Waals surface area contributed by atoms with Crippen molar-refractivity contribution in [3.63, 3.8) is 0 Å². The molecular formula is C18H28N2O3S. The Hall–Kier alpha value is -0.950. The minimum absolute atomic E-state index is 0.0695. The molecule has 2 aliphatic rings. The highest BCUT2D eigenvalue weighted by atomic mass is 32.2. The molecule has 1 saturated heterocycles. The Kier molecular flexibility index (Phi) is 5.30. The fraction of sp³-hybridized carbons (Fsp3) is 0.667. The molecule has 134 valence electrons. The van der Waals surface area contributed by atoms with Crippen LogP contribution in [0.3, 0.4) is 0 Å². The maximum absolute atomic E-state index is 12.8. The first-order valence-electron chi connectivity index (χ1n) is 8.87. The van der Waals surface area contributed by atoms with Crippen LogP contribution in [-0.4, -0.2) is 44.6 Å². The van der Waals surface area contributed by atoms with Gasteiger partial charge in [-0.05, 0) is 32.3 Å². The molecule has 2 unspecified atom stereocenters. The van der Waals surface area contributed by atoms with Crippen LogP contribution in [0.25, 0.3) is 0 Å². The van der Waals surface area contributed by atoms with Gasteiger partial charge in [0.1, 0.15) is 0 Å². The molecule has 6 heteroatoms. The molecule has 0 radical (unpaired) electrons. The Morgan fingerprint density at radius 3 is 2.29 bits per heavy atom. The minimum atomic E-state index is -3.48. The van der Waals surface area contributed by atoms with Gasteiger partial charge in [-0.3, -0.25) is 0 Å². The van der Waals surface area contributed by atoms with Gasteiger partial charge in [-0.15, -0.1) is 0 Å². The number of morpholine rings is 1. The summed E-state index contributed by atoms with van der Waals surface area (Å²) in [7, 11) is -3.48. The molecule has 1 N–H and O–H groups in total. The van der Waals surface area contributed by atoms with Crippen molar-refractivity contribution in [3.05, 3.63) is 35.9 Å². The highest BCUT2D eigenvalue weighted by Crippen LogP contribution is 2.40. The van der Waals surface area contributed by atoms with Gasteiger partial charge in [-0.25, -0.2) is 4.72 Å². The Morgan fingerprint density at radius 2 is 1.71 bits per heavy atom. The van der Waals surface area contributed by atoms with Crippen LogP contribution in [0.15, 0.2) is 30.3 Å². The lowest BCUT2D eigenvalue weighted by molar-refractivity contribution is -0.0444. The molecule has 2 fully saturated rings. The van der Waals surface area contributed by atoms with Crippen LogP contribution in [0.4, 0.5) is 0 Å². The molecule has 24 heavy (non-hydrogen) atoms. The lowest BCUT2D eigenvalue weighted by Gasteiger charge is -2.36. The summed E-state index contributed by atoms with van der Waals surface area (Å²) in [5.41, 5.74) is 1.17. The summed E-state index contributed by atoms with van der Waals surface area (Å²) < 4.78 is 35.6. The first-order valence-corrected chi connectivity index (χ1v) is 10.3. The fourth-order valence-electron chi connectivity index (χ4n) is 4.06. The van der Waals surface area contributed by atoms with Gasteiger partial charge < -0.3 is 4.74 Å². The topological polar surface area (TPSA) is 58.6 Å². The zero-order chi connectivity index (χ0) is 17.2. The number of hydrogen-bond acceptors (Lipinski definition) is 3. The van der Waals surface area contributed by atoms with Crippen LogP contribution in [0.1, 0.15) is 45.1 Å². The standard InChI is InChI=1S/C18H28N2O3S/c1-15-12-20(13-16(2)23-15)24(21,22)19-14-18(10-6-7-11-18)17-8-4-3-5-9-17/h3-5,8-9,15-16,19H,6-7,10-14H2,1-2H3. The van der Waals surface area contributed by atoms with Crippen molar-refractivity contribution in [2.24, 2.45) is 0 Å². The largest absolute Gasteiger partial charge is 0.373 e. The van der Waals surface area contributed by atoms with Crippen molar-refractivity contribution in [3.8, 4) is 0 Å². The maximum Gasteiger partial charge on any atom is 0.279 e. The Morgan fingerprint density at radius 1 is 1.12 bits per heavy atom. The van der Waals surface area contributed by atoms with E-state index in [1.54, 1.807) is 0 Å². The summed E-state index contributed by atoms with van der Waals surface area (Å²) >= 11 is 0. The number of benzene rings is 1. The average molecular weight is 353 g/mol.